The third kappa shape index (κ3) is 3.53. The Morgan fingerprint density at radius 3 is 2.62 bits per heavy atom. The molecule has 0 spiro atoms. The Bertz CT molecular complexity index is 590. The number of amides is 1. The highest BCUT2D eigenvalue weighted by molar-refractivity contribution is 6.03. The van der Waals surface area contributed by atoms with Gasteiger partial charge in [-0.2, -0.15) is 5.10 Å². The number of carbonyl (C=O) groups is 1. The summed E-state index contributed by atoms with van der Waals surface area (Å²) < 4.78 is 5.52. The van der Waals surface area contributed by atoms with Crippen molar-refractivity contribution in [3.63, 3.8) is 0 Å². The lowest BCUT2D eigenvalue weighted by atomic mass is 10.1. The van der Waals surface area contributed by atoms with E-state index in [1.54, 1.807) is 7.05 Å². The van der Waals surface area contributed by atoms with Crippen LogP contribution in [0, 0.1) is 0 Å². The summed E-state index contributed by atoms with van der Waals surface area (Å²) in [6.45, 7) is 2.73. The lowest BCUT2D eigenvalue weighted by Crippen LogP contribution is -2.19. The van der Waals surface area contributed by atoms with Crippen LogP contribution >= 0.6 is 0 Å². The fourth-order valence-electron chi connectivity index (χ4n) is 1.86. The zero-order valence-corrected chi connectivity index (χ0v) is 11.6. The summed E-state index contributed by atoms with van der Waals surface area (Å²) in [6.07, 6.45) is 0.958. The molecule has 0 unspecified atom stereocenters. The zero-order chi connectivity index (χ0) is 14.5. The number of hydrogen-bond donors (Lipinski definition) is 3. The first-order valence-electron chi connectivity index (χ1n) is 6.46. The van der Waals surface area contributed by atoms with E-state index >= 15 is 0 Å². The van der Waals surface area contributed by atoms with Gasteiger partial charge in [0.2, 0.25) is 0 Å². The minimum Gasteiger partial charge on any atom is -0.494 e. The van der Waals surface area contributed by atoms with Crippen LogP contribution in [-0.4, -0.2) is 29.8 Å². The van der Waals surface area contributed by atoms with Crippen molar-refractivity contribution < 1.29 is 9.53 Å². The van der Waals surface area contributed by atoms with E-state index in [1.807, 2.05) is 24.3 Å². The molecule has 21 heavy (non-hydrogen) atoms. The van der Waals surface area contributed by atoms with Crippen molar-refractivity contribution in [3.05, 3.63) is 29.8 Å². The average molecular weight is 290 g/mol. The second-order valence-corrected chi connectivity index (χ2v) is 4.31. The number of nitrogens with one attached hydrogen (secondary N) is 2. The Kier molecular flexibility index (Phi) is 5.78. The molecule has 1 aromatic carbocycles. The summed E-state index contributed by atoms with van der Waals surface area (Å²) in [6, 6.07) is 7.44. The van der Waals surface area contributed by atoms with E-state index in [9.17, 15) is 4.79 Å². The third-order valence-corrected chi connectivity index (χ3v) is 2.86. The predicted molar refractivity (Wildman–Crippen MR) is 84.3 cm³/mol. The van der Waals surface area contributed by atoms with Gasteiger partial charge in [-0.3, -0.25) is 9.89 Å². The average Bonchev–Trinajstić information content (AvgIpc) is 2.86. The Morgan fingerprint density at radius 1 is 1.38 bits per heavy atom. The quantitative estimate of drug-likeness (QED) is 0.788. The summed E-state index contributed by atoms with van der Waals surface area (Å²) in [5.41, 5.74) is 7.51. The maximum absolute atomic E-state index is 11.8. The van der Waals surface area contributed by atoms with Crippen LogP contribution in [0.4, 0.5) is 5.82 Å². The molecular formula is C15H22N4O2. The van der Waals surface area contributed by atoms with Crippen molar-refractivity contribution >= 4 is 11.7 Å². The largest absolute Gasteiger partial charge is 0.494 e. The van der Waals surface area contributed by atoms with Gasteiger partial charge in [-0.1, -0.05) is 14.4 Å². The molecule has 4 N–H and O–H groups in total. The lowest BCUT2D eigenvalue weighted by molar-refractivity contribution is 0.0964. The van der Waals surface area contributed by atoms with Gasteiger partial charge < -0.3 is 15.8 Å². The number of anilines is 1. The van der Waals surface area contributed by atoms with E-state index < -0.39 is 0 Å². The van der Waals surface area contributed by atoms with Crippen molar-refractivity contribution in [2.75, 3.05) is 19.4 Å². The maximum atomic E-state index is 11.8. The van der Waals surface area contributed by atoms with Crippen molar-refractivity contribution in [3.8, 4) is 17.0 Å². The molecule has 6 heteroatoms. The third-order valence-electron chi connectivity index (χ3n) is 2.86. The summed E-state index contributed by atoms with van der Waals surface area (Å²) in [5.74, 6) is 0.716. The molecule has 0 aliphatic carbocycles. The van der Waals surface area contributed by atoms with E-state index in [0.717, 1.165) is 17.7 Å². The van der Waals surface area contributed by atoms with Crippen LogP contribution in [0.5, 0.6) is 5.75 Å². The number of nitrogen functional groups attached to an aromatic ring is 1. The number of carbonyl (C=O) groups excluding carboxylic acids is 1. The van der Waals surface area contributed by atoms with Gasteiger partial charge in [-0.05, 0) is 30.7 Å². The van der Waals surface area contributed by atoms with E-state index in [1.165, 1.54) is 0 Å². The standard InChI is InChI=1S/C14H18N4O2.CH4/c1-3-8-20-10-6-4-9(5-7-10)12-11(14(19)16-2)13(15)18-17-12;/h4-7H,3,8H2,1-2H3,(H,16,19)(H3,15,17,18);1H4. The Balaban J connectivity index is 0.00000220. The molecule has 0 fully saturated rings. The first-order valence-corrected chi connectivity index (χ1v) is 6.46. The molecule has 0 atom stereocenters. The Morgan fingerprint density at radius 2 is 2.05 bits per heavy atom. The molecule has 0 saturated heterocycles. The highest BCUT2D eigenvalue weighted by atomic mass is 16.5. The molecular weight excluding hydrogens is 268 g/mol. The predicted octanol–water partition coefficient (Wildman–Crippen LogP) is 2.44. The number of nitrogens with two attached hydrogens (primary N) is 1. The molecule has 1 aromatic heterocycles. The fourth-order valence-corrected chi connectivity index (χ4v) is 1.86. The summed E-state index contributed by atoms with van der Waals surface area (Å²) in [7, 11) is 1.56. The Hall–Kier alpha value is -2.50. The van der Waals surface area contributed by atoms with Crippen LogP contribution in [0.2, 0.25) is 0 Å². The summed E-state index contributed by atoms with van der Waals surface area (Å²) >= 11 is 0. The number of aromatic amines is 1. The minimum absolute atomic E-state index is 0. The topological polar surface area (TPSA) is 93.0 Å². The van der Waals surface area contributed by atoms with Gasteiger partial charge in [0.15, 0.2) is 5.82 Å². The second kappa shape index (κ2) is 7.33. The van der Waals surface area contributed by atoms with Crippen LogP contribution in [0.25, 0.3) is 11.3 Å². The molecule has 1 heterocycles. The molecule has 0 radical (unpaired) electrons. The highest BCUT2D eigenvalue weighted by Gasteiger charge is 2.18. The van der Waals surface area contributed by atoms with Gasteiger partial charge in [0, 0.05) is 12.6 Å². The van der Waals surface area contributed by atoms with Crippen LogP contribution in [0.3, 0.4) is 0 Å². The number of ether oxygens (including phenoxy) is 1. The van der Waals surface area contributed by atoms with Crippen molar-refractivity contribution in [1.82, 2.24) is 15.5 Å². The van der Waals surface area contributed by atoms with Gasteiger partial charge in [0.05, 0.1) is 12.3 Å². The Labute approximate surface area is 124 Å². The lowest BCUT2D eigenvalue weighted by Gasteiger charge is -2.06. The SMILES string of the molecule is C.CCCOc1ccc(-c2[nH]nc(N)c2C(=O)NC)cc1. The van der Waals surface area contributed by atoms with E-state index in [2.05, 4.69) is 22.4 Å². The van der Waals surface area contributed by atoms with E-state index in [0.29, 0.717) is 17.9 Å². The van der Waals surface area contributed by atoms with Gasteiger partial charge in [-0.25, -0.2) is 0 Å². The van der Waals surface area contributed by atoms with Crippen LogP contribution in [0.15, 0.2) is 24.3 Å². The molecule has 1 amide bonds. The van der Waals surface area contributed by atoms with Crippen LogP contribution in [0.1, 0.15) is 31.1 Å². The second-order valence-electron chi connectivity index (χ2n) is 4.31. The minimum atomic E-state index is -0.266. The van der Waals surface area contributed by atoms with Crippen LogP contribution < -0.4 is 15.8 Å². The van der Waals surface area contributed by atoms with Gasteiger partial charge in [0.1, 0.15) is 11.3 Å². The van der Waals surface area contributed by atoms with Gasteiger partial charge in [0.25, 0.3) is 5.91 Å². The highest BCUT2D eigenvalue weighted by Crippen LogP contribution is 2.26. The fraction of sp³-hybridized carbons (Fsp3) is 0.333. The summed E-state index contributed by atoms with van der Waals surface area (Å²) in [5, 5.41) is 9.24. The smallest absolute Gasteiger partial charge is 0.257 e. The number of H-pyrrole nitrogens is 1. The first-order chi connectivity index (χ1) is 9.67. The number of hydrogen-bond acceptors (Lipinski definition) is 4. The van der Waals surface area contributed by atoms with Crippen molar-refractivity contribution in [1.29, 1.82) is 0 Å². The molecule has 114 valence electrons. The van der Waals surface area contributed by atoms with Crippen molar-refractivity contribution in [2.45, 2.75) is 20.8 Å². The molecule has 6 nitrogen and oxygen atoms in total. The van der Waals surface area contributed by atoms with Gasteiger partial charge in [-0.15, -0.1) is 0 Å². The molecule has 2 rings (SSSR count). The molecule has 0 aliphatic heterocycles. The van der Waals surface area contributed by atoms with Gasteiger partial charge >= 0.3 is 0 Å². The first kappa shape index (κ1) is 16.6. The molecule has 2 aromatic rings. The molecule has 0 aliphatic rings. The normalized spacial score (nSPS) is 9.81. The maximum Gasteiger partial charge on any atom is 0.257 e. The number of nitrogens with zero attached hydrogens (tertiary/aromatic N) is 1. The van der Waals surface area contributed by atoms with E-state index in [4.69, 9.17) is 10.5 Å². The van der Waals surface area contributed by atoms with Crippen LogP contribution in [-0.2, 0) is 0 Å². The monoisotopic (exact) mass is 290 g/mol. The number of rotatable bonds is 5. The number of benzene rings is 1. The summed E-state index contributed by atoms with van der Waals surface area (Å²) in [4.78, 5) is 11.8. The van der Waals surface area contributed by atoms with E-state index in [-0.39, 0.29) is 19.2 Å². The molecule has 0 bridgehead atoms. The number of aromatic nitrogens is 2. The molecule has 0 saturated carbocycles. The zero-order valence-electron chi connectivity index (χ0n) is 11.6. The van der Waals surface area contributed by atoms with Crippen molar-refractivity contribution in [2.24, 2.45) is 0 Å².